The van der Waals surface area contributed by atoms with E-state index < -0.39 is 12.1 Å². The molecule has 0 saturated carbocycles. The van der Waals surface area contributed by atoms with E-state index in [9.17, 15) is 14.4 Å². The monoisotopic (exact) mass is 289 g/mol. The molecule has 2 atom stereocenters. The molecule has 0 radical (unpaired) electrons. The van der Waals surface area contributed by atoms with Gasteiger partial charge in [0.2, 0.25) is 11.8 Å². The minimum atomic E-state index is -0.719. The largest absolute Gasteiger partial charge is 0.343 e. The SMILES string of the molecule is CN1C(=O)CCC(NC(=O)C(N)Cc2ccccc2)C1=O. The third-order valence-corrected chi connectivity index (χ3v) is 3.60. The molecule has 0 aromatic heterocycles. The Balaban J connectivity index is 1.92. The molecule has 6 heteroatoms. The zero-order chi connectivity index (χ0) is 15.4. The molecule has 3 amide bonds. The molecule has 0 bridgehead atoms. The second-order valence-corrected chi connectivity index (χ2v) is 5.19. The number of hydrogen-bond acceptors (Lipinski definition) is 4. The van der Waals surface area contributed by atoms with Gasteiger partial charge < -0.3 is 11.1 Å². The number of nitrogens with two attached hydrogens (primary N) is 1. The van der Waals surface area contributed by atoms with Crippen molar-refractivity contribution in [2.24, 2.45) is 5.73 Å². The molecule has 21 heavy (non-hydrogen) atoms. The molecule has 1 saturated heterocycles. The number of nitrogens with one attached hydrogen (secondary N) is 1. The Morgan fingerprint density at radius 3 is 2.71 bits per heavy atom. The number of imide groups is 1. The van der Waals surface area contributed by atoms with Crippen molar-refractivity contribution in [1.82, 2.24) is 10.2 Å². The fourth-order valence-electron chi connectivity index (χ4n) is 2.29. The third-order valence-electron chi connectivity index (χ3n) is 3.60. The van der Waals surface area contributed by atoms with Crippen molar-refractivity contribution >= 4 is 17.7 Å². The molecule has 2 unspecified atom stereocenters. The molecule has 1 aromatic rings. The summed E-state index contributed by atoms with van der Waals surface area (Å²) in [6.07, 6.45) is 0.981. The summed E-state index contributed by atoms with van der Waals surface area (Å²) in [6, 6.07) is 8.06. The number of likely N-dealkylation sites (tertiary alicyclic amines) is 1. The molecule has 112 valence electrons. The summed E-state index contributed by atoms with van der Waals surface area (Å²) in [7, 11) is 1.42. The van der Waals surface area contributed by atoms with E-state index in [0.29, 0.717) is 12.8 Å². The van der Waals surface area contributed by atoms with Crippen LogP contribution in [0.3, 0.4) is 0 Å². The first kappa shape index (κ1) is 15.2. The van der Waals surface area contributed by atoms with Crippen molar-refractivity contribution in [2.45, 2.75) is 31.3 Å². The molecule has 1 heterocycles. The van der Waals surface area contributed by atoms with Crippen LogP contribution in [-0.4, -0.2) is 41.8 Å². The van der Waals surface area contributed by atoms with Gasteiger partial charge in [-0.05, 0) is 18.4 Å². The van der Waals surface area contributed by atoms with Crippen molar-refractivity contribution < 1.29 is 14.4 Å². The van der Waals surface area contributed by atoms with Crippen LogP contribution in [0, 0.1) is 0 Å². The summed E-state index contributed by atoms with van der Waals surface area (Å²) in [5.74, 6) is -0.981. The maximum Gasteiger partial charge on any atom is 0.251 e. The normalized spacial score (nSPS) is 20.3. The lowest BCUT2D eigenvalue weighted by molar-refractivity contribution is -0.149. The lowest BCUT2D eigenvalue weighted by Crippen LogP contribution is -2.56. The van der Waals surface area contributed by atoms with E-state index >= 15 is 0 Å². The third kappa shape index (κ3) is 3.66. The van der Waals surface area contributed by atoms with E-state index in [-0.39, 0.29) is 24.1 Å². The fourth-order valence-corrected chi connectivity index (χ4v) is 2.29. The Labute approximate surface area is 123 Å². The number of rotatable bonds is 4. The first-order valence-electron chi connectivity index (χ1n) is 6.89. The highest BCUT2D eigenvalue weighted by molar-refractivity contribution is 6.01. The van der Waals surface area contributed by atoms with E-state index in [2.05, 4.69) is 5.32 Å². The van der Waals surface area contributed by atoms with Gasteiger partial charge in [-0.15, -0.1) is 0 Å². The standard InChI is InChI=1S/C15H19N3O3/c1-18-13(19)8-7-12(15(18)21)17-14(20)11(16)9-10-5-3-2-4-6-10/h2-6,11-12H,7-9,16H2,1H3,(H,17,20). The summed E-state index contributed by atoms with van der Waals surface area (Å²) in [5, 5.41) is 2.63. The van der Waals surface area contributed by atoms with Crippen LogP contribution < -0.4 is 11.1 Å². The molecule has 0 aliphatic carbocycles. The second-order valence-electron chi connectivity index (χ2n) is 5.19. The molecule has 6 nitrogen and oxygen atoms in total. The maximum absolute atomic E-state index is 12.1. The molecule has 1 aliphatic heterocycles. The van der Waals surface area contributed by atoms with E-state index in [1.54, 1.807) is 0 Å². The summed E-state index contributed by atoms with van der Waals surface area (Å²) >= 11 is 0. The van der Waals surface area contributed by atoms with E-state index in [4.69, 9.17) is 5.73 Å². The highest BCUT2D eigenvalue weighted by Crippen LogP contribution is 2.11. The van der Waals surface area contributed by atoms with Crippen LogP contribution in [0.1, 0.15) is 18.4 Å². The van der Waals surface area contributed by atoms with E-state index in [0.717, 1.165) is 10.5 Å². The molecule has 2 rings (SSSR count). The van der Waals surface area contributed by atoms with Crippen LogP contribution in [0.4, 0.5) is 0 Å². The molecular weight excluding hydrogens is 270 g/mol. The van der Waals surface area contributed by atoms with Crippen molar-refractivity contribution in [2.75, 3.05) is 7.05 Å². The van der Waals surface area contributed by atoms with E-state index in [1.165, 1.54) is 7.05 Å². The first-order valence-corrected chi connectivity index (χ1v) is 6.89. The Hall–Kier alpha value is -2.21. The molecule has 3 N–H and O–H groups in total. The summed E-state index contributed by atoms with van der Waals surface area (Å²) in [5.41, 5.74) is 6.83. The fraction of sp³-hybridized carbons (Fsp3) is 0.400. The number of amides is 3. The average molecular weight is 289 g/mol. The van der Waals surface area contributed by atoms with Gasteiger partial charge in [0.1, 0.15) is 6.04 Å². The van der Waals surface area contributed by atoms with E-state index in [1.807, 2.05) is 30.3 Å². The van der Waals surface area contributed by atoms with Gasteiger partial charge in [0.05, 0.1) is 6.04 Å². The zero-order valence-electron chi connectivity index (χ0n) is 11.9. The van der Waals surface area contributed by atoms with Gasteiger partial charge >= 0.3 is 0 Å². The Bertz CT molecular complexity index is 544. The number of carbonyl (C=O) groups is 3. The highest BCUT2D eigenvalue weighted by atomic mass is 16.2. The number of carbonyl (C=O) groups excluding carboxylic acids is 3. The van der Waals surface area contributed by atoms with Gasteiger partial charge in [0.25, 0.3) is 5.91 Å². The number of nitrogens with zero attached hydrogens (tertiary/aromatic N) is 1. The number of hydrogen-bond donors (Lipinski definition) is 2. The van der Waals surface area contributed by atoms with Crippen LogP contribution in [0.2, 0.25) is 0 Å². The Morgan fingerprint density at radius 2 is 2.05 bits per heavy atom. The maximum atomic E-state index is 12.1. The summed E-state index contributed by atoms with van der Waals surface area (Å²) < 4.78 is 0. The van der Waals surface area contributed by atoms with Gasteiger partial charge in [-0.3, -0.25) is 19.3 Å². The van der Waals surface area contributed by atoms with Crippen molar-refractivity contribution in [3.63, 3.8) is 0 Å². The average Bonchev–Trinajstić information content (AvgIpc) is 2.48. The van der Waals surface area contributed by atoms with Gasteiger partial charge in [0, 0.05) is 13.5 Å². The minimum Gasteiger partial charge on any atom is -0.343 e. The van der Waals surface area contributed by atoms with Crippen LogP contribution in [-0.2, 0) is 20.8 Å². The Kier molecular flexibility index (Phi) is 4.70. The minimum absolute atomic E-state index is 0.223. The smallest absolute Gasteiger partial charge is 0.251 e. The van der Waals surface area contributed by atoms with Gasteiger partial charge in [-0.2, -0.15) is 0 Å². The number of likely N-dealkylation sites (N-methyl/N-ethyl adjacent to an activating group) is 1. The molecule has 1 aliphatic rings. The van der Waals surface area contributed by atoms with Gasteiger partial charge in [-0.25, -0.2) is 0 Å². The predicted octanol–water partition coefficient (Wildman–Crippen LogP) is -0.180. The van der Waals surface area contributed by atoms with Crippen LogP contribution in [0.15, 0.2) is 30.3 Å². The second kappa shape index (κ2) is 6.49. The predicted molar refractivity (Wildman–Crippen MR) is 77.1 cm³/mol. The van der Waals surface area contributed by atoms with Crippen molar-refractivity contribution in [3.8, 4) is 0 Å². The molecule has 1 aromatic carbocycles. The van der Waals surface area contributed by atoms with Crippen LogP contribution in [0.5, 0.6) is 0 Å². The summed E-state index contributed by atoms with van der Waals surface area (Å²) in [4.78, 5) is 36.4. The Morgan fingerprint density at radius 1 is 1.38 bits per heavy atom. The summed E-state index contributed by atoms with van der Waals surface area (Å²) in [6.45, 7) is 0. The van der Waals surface area contributed by atoms with Crippen molar-refractivity contribution in [1.29, 1.82) is 0 Å². The lowest BCUT2D eigenvalue weighted by atomic mass is 10.0. The molecule has 1 fully saturated rings. The van der Waals surface area contributed by atoms with Crippen molar-refractivity contribution in [3.05, 3.63) is 35.9 Å². The van der Waals surface area contributed by atoms with Crippen LogP contribution >= 0.6 is 0 Å². The quantitative estimate of drug-likeness (QED) is 0.752. The first-order chi connectivity index (χ1) is 9.99. The zero-order valence-corrected chi connectivity index (χ0v) is 11.9. The van der Waals surface area contributed by atoms with Crippen LogP contribution in [0.25, 0.3) is 0 Å². The molecule has 0 spiro atoms. The molecular formula is C15H19N3O3. The topological polar surface area (TPSA) is 92.5 Å². The number of benzene rings is 1. The number of piperidine rings is 1. The van der Waals surface area contributed by atoms with Gasteiger partial charge in [-0.1, -0.05) is 30.3 Å². The lowest BCUT2D eigenvalue weighted by Gasteiger charge is -2.28. The van der Waals surface area contributed by atoms with Gasteiger partial charge in [0.15, 0.2) is 0 Å². The highest BCUT2D eigenvalue weighted by Gasteiger charge is 2.33.